The Hall–Kier alpha value is -2.17. The van der Waals surface area contributed by atoms with E-state index in [1.54, 1.807) is 18.2 Å². The van der Waals surface area contributed by atoms with Crippen molar-refractivity contribution in [2.45, 2.75) is 0 Å². The van der Waals surface area contributed by atoms with Crippen LogP contribution in [0.4, 0.5) is 0 Å². The molecule has 0 fully saturated rings. The van der Waals surface area contributed by atoms with Gasteiger partial charge in [-0.1, -0.05) is 0 Å². The van der Waals surface area contributed by atoms with Crippen molar-refractivity contribution in [2.75, 3.05) is 0 Å². The summed E-state index contributed by atoms with van der Waals surface area (Å²) >= 11 is 0. The molecule has 0 spiro atoms. The van der Waals surface area contributed by atoms with E-state index in [-0.39, 0.29) is 5.88 Å². The Kier molecular flexibility index (Phi) is 1.78. The molecule has 5 nitrogen and oxygen atoms in total. The van der Waals surface area contributed by atoms with Gasteiger partial charge in [0.1, 0.15) is 0 Å². The molecule has 0 aliphatic rings. The van der Waals surface area contributed by atoms with Gasteiger partial charge in [-0.25, -0.2) is 5.53 Å². The van der Waals surface area contributed by atoms with Crippen molar-refractivity contribution in [3.05, 3.63) is 29.8 Å². The summed E-state index contributed by atoms with van der Waals surface area (Å²) in [5.41, 5.74) is 7.66. The van der Waals surface area contributed by atoms with Crippen molar-refractivity contribution in [1.29, 1.82) is 5.53 Å². The molecule has 1 heterocycles. The molecule has 0 unspecified atom stereocenters. The lowest BCUT2D eigenvalue weighted by molar-refractivity contribution is 0.0991. The summed E-state index contributed by atoms with van der Waals surface area (Å²) in [4.78, 5) is 13.7. The van der Waals surface area contributed by atoms with Gasteiger partial charge in [-0.15, -0.1) is 5.11 Å². The van der Waals surface area contributed by atoms with E-state index in [1.165, 1.54) is 6.07 Å². The van der Waals surface area contributed by atoms with E-state index in [0.717, 1.165) is 10.9 Å². The molecule has 5 heteroatoms. The van der Waals surface area contributed by atoms with Gasteiger partial charge in [0.25, 0.3) is 5.91 Å². The van der Waals surface area contributed by atoms with E-state index < -0.39 is 5.91 Å². The summed E-state index contributed by atoms with van der Waals surface area (Å²) < 4.78 is 0. The molecule has 0 bridgehead atoms. The quantitative estimate of drug-likeness (QED) is 0.599. The molecule has 1 aromatic carbocycles. The van der Waals surface area contributed by atoms with Crippen LogP contribution in [0.3, 0.4) is 0 Å². The van der Waals surface area contributed by atoms with Gasteiger partial charge < -0.3 is 10.1 Å². The number of carbonyl (C=O) groups excluding carboxylic acids is 1. The molecule has 70 valence electrons. The number of nitrogens with one attached hydrogen (secondary N) is 2. The third kappa shape index (κ3) is 1.24. The van der Waals surface area contributed by atoms with Gasteiger partial charge in [0.15, 0.2) is 5.88 Å². The maximum atomic E-state index is 11.0. The van der Waals surface area contributed by atoms with Crippen molar-refractivity contribution >= 4 is 16.8 Å². The second-order valence-corrected chi connectivity index (χ2v) is 2.87. The van der Waals surface area contributed by atoms with Crippen molar-refractivity contribution in [3.63, 3.8) is 0 Å². The molecule has 3 N–H and O–H groups in total. The van der Waals surface area contributed by atoms with Crippen LogP contribution in [0.1, 0.15) is 10.4 Å². The topological polar surface area (TPSA) is 89.3 Å². The summed E-state index contributed by atoms with van der Waals surface area (Å²) in [5, 5.41) is 12.7. The fraction of sp³-hybridized carbons (Fsp3) is 0. The standard InChI is InChI=1S/C9H7N3O2/c10-12-9(14)5-1-2-7-6(3-5)4-8(13)11-7/h1-4,10-11,13H. The van der Waals surface area contributed by atoms with E-state index in [4.69, 9.17) is 10.6 Å². The Morgan fingerprint density at radius 1 is 1.43 bits per heavy atom. The maximum absolute atomic E-state index is 11.0. The number of carbonyl (C=O) groups is 1. The molecule has 0 aliphatic heterocycles. The normalized spacial score (nSPS) is 10.3. The van der Waals surface area contributed by atoms with Crippen LogP contribution in [0.5, 0.6) is 5.88 Å². The first kappa shape index (κ1) is 8.43. The highest BCUT2D eigenvalue weighted by atomic mass is 16.3. The number of hydrogen-bond donors (Lipinski definition) is 3. The molecule has 2 aromatic rings. The fourth-order valence-electron chi connectivity index (χ4n) is 1.31. The smallest absolute Gasteiger partial charge is 0.294 e. The van der Waals surface area contributed by atoms with Gasteiger partial charge >= 0.3 is 0 Å². The van der Waals surface area contributed by atoms with E-state index >= 15 is 0 Å². The number of nitrogens with zero attached hydrogens (tertiary/aromatic N) is 1. The van der Waals surface area contributed by atoms with Gasteiger partial charge in [0, 0.05) is 22.5 Å². The summed E-state index contributed by atoms with van der Waals surface area (Å²) in [6.07, 6.45) is 0. The van der Waals surface area contributed by atoms with Crippen molar-refractivity contribution in [2.24, 2.45) is 5.11 Å². The SMILES string of the molecule is N=NC(=O)c1ccc2[nH]c(O)cc2c1. The number of rotatable bonds is 1. The van der Waals surface area contributed by atoms with E-state index in [0.29, 0.717) is 5.56 Å². The predicted molar refractivity (Wildman–Crippen MR) is 49.4 cm³/mol. The first-order valence-corrected chi connectivity index (χ1v) is 3.94. The fourth-order valence-corrected chi connectivity index (χ4v) is 1.31. The van der Waals surface area contributed by atoms with E-state index in [9.17, 15) is 4.79 Å². The van der Waals surface area contributed by atoms with Gasteiger partial charge in [-0.3, -0.25) is 4.79 Å². The highest BCUT2D eigenvalue weighted by Gasteiger charge is 2.06. The van der Waals surface area contributed by atoms with Crippen LogP contribution < -0.4 is 0 Å². The minimum atomic E-state index is -0.590. The Bertz CT molecular complexity index is 516. The molecule has 1 amide bonds. The Balaban J connectivity index is 2.61. The van der Waals surface area contributed by atoms with Crippen LogP contribution in [0, 0.1) is 5.53 Å². The van der Waals surface area contributed by atoms with Crippen molar-refractivity contribution < 1.29 is 9.90 Å². The number of amides is 1. The first-order valence-electron chi connectivity index (χ1n) is 3.94. The van der Waals surface area contributed by atoms with Crippen LogP contribution in [-0.4, -0.2) is 16.0 Å². The van der Waals surface area contributed by atoms with E-state index in [1.807, 2.05) is 0 Å². The minimum absolute atomic E-state index is 0.0485. The van der Waals surface area contributed by atoms with Crippen LogP contribution in [0.25, 0.3) is 10.9 Å². The lowest BCUT2D eigenvalue weighted by atomic mass is 10.1. The lowest BCUT2D eigenvalue weighted by Gasteiger charge is -1.93. The molecule has 0 saturated heterocycles. The molecule has 14 heavy (non-hydrogen) atoms. The number of hydrogen-bond acceptors (Lipinski definition) is 3. The molecule has 2 rings (SSSR count). The number of aromatic amines is 1. The zero-order chi connectivity index (χ0) is 10.1. The van der Waals surface area contributed by atoms with Crippen molar-refractivity contribution in [3.8, 4) is 5.88 Å². The molecule has 0 saturated carbocycles. The average molecular weight is 189 g/mol. The Morgan fingerprint density at radius 2 is 2.21 bits per heavy atom. The predicted octanol–water partition coefficient (Wildman–Crippen LogP) is 2.04. The number of fused-ring (bicyclic) bond motifs is 1. The zero-order valence-electron chi connectivity index (χ0n) is 7.11. The number of aromatic hydroxyl groups is 1. The first-order chi connectivity index (χ1) is 6.70. The third-order valence-corrected chi connectivity index (χ3v) is 1.96. The van der Waals surface area contributed by atoms with Crippen LogP contribution in [0.15, 0.2) is 29.4 Å². The average Bonchev–Trinajstić information content (AvgIpc) is 2.55. The Labute approximate surface area is 78.9 Å². The monoisotopic (exact) mass is 189 g/mol. The summed E-state index contributed by atoms with van der Waals surface area (Å²) in [5.74, 6) is -0.542. The summed E-state index contributed by atoms with van der Waals surface area (Å²) in [6.45, 7) is 0. The van der Waals surface area contributed by atoms with Crippen LogP contribution in [-0.2, 0) is 0 Å². The highest BCUT2D eigenvalue weighted by Crippen LogP contribution is 2.20. The molecule has 0 aliphatic carbocycles. The van der Waals surface area contributed by atoms with E-state index in [2.05, 4.69) is 10.1 Å². The van der Waals surface area contributed by atoms with Gasteiger partial charge in [-0.05, 0) is 18.2 Å². The van der Waals surface area contributed by atoms with Gasteiger partial charge in [-0.2, -0.15) is 0 Å². The highest BCUT2D eigenvalue weighted by molar-refractivity contribution is 5.98. The van der Waals surface area contributed by atoms with Gasteiger partial charge in [0.2, 0.25) is 0 Å². The number of benzene rings is 1. The third-order valence-electron chi connectivity index (χ3n) is 1.96. The zero-order valence-corrected chi connectivity index (χ0v) is 7.11. The molecule has 0 atom stereocenters. The molecular weight excluding hydrogens is 182 g/mol. The number of H-pyrrole nitrogens is 1. The van der Waals surface area contributed by atoms with Crippen LogP contribution in [0.2, 0.25) is 0 Å². The van der Waals surface area contributed by atoms with Crippen LogP contribution >= 0.6 is 0 Å². The minimum Gasteiger partial charge on any atom is -0.495 e. The second-order valence-electron chi connectivity index (χ2n) is 2.87. The lowest BCUT2D eigenvalue weighted by Crippen LogP contribution is -1.91. The number of aromatic nitrogens is 1. The molecule has 1 aromatic heterocycles. The molecule has 0 radical (unpaired) electrons. The maximum Gasteiger partial charge on any atom is 0.294 e. The molecular formula is C9H7N3O2. The Morgan fingerprint density at radius 3 is 2.93 bits per heavy atom. The van der Waals surface area contributed by atoms with Gasteiger partial charge in [0.05, 0.1) is 0 Å². The largest absolute Gasteiger partial charge is 0.495 e. The van der Waals surface area contributed by atoms with Crippen molar-refractivity contribution in [1.82, 2.24) is 4.98 Å². The summed E-state index contributed by atoms with van der Waals surface area (Å²) in [6, 6.07) is 6.30. The second kappa shape index (κ2) is 2.95. The summed E-state index contributed by atoms with van der Waals surface area (Å²) in [7, 11) is 0.